The Morgan fingerprint density at radius 1 is 1.26 bits per heavy atom. The van der Waals surface area contributed by atoms with Crippen molar-refractivity contribution in [3.05, 3.63) is 0 Å². The lowest BCUT2D eigenvalue weighted by atomic mass is 9.81. The molecule has 1 unspecified atom stereocenters. The molecule has 1 aliphatic heterocycles. The first-order valence-corrected chi connectivity index (χ1v) is 7.70. The molecule has 1 atom stereocenters. The van der Waals surface area contributed by atoms with Gasteiger partial charge in [-0.1, -0.05) is 20.8 Å². The fourth-order valence-electron chi connectivity index (χ4n) is 3.32. The first-order valence-electron chi connectivity index (χ1n) is 7.70. The number of rotatable bonds is 5. The predicted molar refractivity (Wildman–Crippen MR) is 81.1 cm³/mol. The van der Waals surface area contributed by atoms with Crippen LogP contribution in [0.5, 0.6) is 0 Å². The largest absolute Gasteiger partial charge is 0.351 e. The smallest absolute Gasteiger partial charge is 0.220 e. The summed E-state index contributed by atoms with van der Waals surface area (Å²) >= 11 is 0. The maximum absolute atomic E-state index is 12.1. The molecule has 0 aromatic heterocycles. The molecule has 1 rings (SSSR count). The van der Waals surface area contributed by atoms with Crippen molar-refractivity contribution in [2.75, 3.05) is 13.1 Å². The van der Waals surface area contributed by atoms with E-state index in [4.69, 9.17) is 0 Å². The molecule has 1 heterocycles. The Kier molecular flexibility index (Phi) is 5.84. The molecule has 0 aromatic carbocycles. The molecule has 1 amide bonds. The Bertz CT molecular complexity index is 286. The van der Waals surface area contributed by atoms with Gasteiger partial charge in [0.25, 0.3) is 0 Å². The third kappa shape index (κ3) is 7.56. The Balaban J connectivity index is 2.29. The SMILES string of the molecule is CC(C)(C)CC(C)(C)NC(=O)CCC1CCCNC1. The van der Waals surface area contributed by atoms with Crippen molar-refractivity contribution in [2.24, 2.45) is 11.3 Å². The van der Waals surface area contributed by atoms with Crippen LogP contribution in [0, 0.1) is 11.3 Å². The van der Waals surface area contributed by atoms with Gasteiger partial charge in [0.05, 0.1) is 0 Å². The number of amides is 1. The van der Waals surface area contributed by atoms with Crippen LogP contribution in [0.15, 0.2) is 0 Å². The highest BCUT2D eigenvalue weighted by Gasteiger charge is 2.27. The van der Waals surface area contributed by atoms with Crippen LogP contribution < -0.4 is 10.6 Å². The Morgan fingerprint density at radius 2 is 1.95 bits per heavy atom. The van der Waals surface area contributed by atoms with E-state index in [2.05, 4.69) is 45.3 Å². The van der Waals surface area contributed by atoms with Crippen LogP contribution in [0.3, 0.4) is 0 Å². The van der Waals surface area contributed by atoms with E-state index in [1.54, 1.807) is 0 Å². The minimum atomic E-state index is -0.111. The van der Waals surface area contributed by atoms with Gasteiger partial charge in [0, 0.05) is 12.0 Å². The lowest BCUT2D eigenvalue weighted by Crippen LogP contribution is -2.46. The normalized spacial score (nSPS) is 21.2. The molecule has 112 valence electrons. The Morgan fingerprint density at radius 3 is 2.47 bits per heavy atom. The van der Waals surface area contributed by atoms with Gasteiger partial charge in [-0.15, -0.1) is 0 Å². The Hall–Kier alpha value is -0.570. The molecule has 0 radical (unpaired) electrons. The van der Waals surface area contributed by atoms with Crippen molar-refractivity contribution < 1.29 is 4.79 Å². The number of carbonyl (C=O) groups excluding carboxylic acids is 1. The topological polar surface area (TPSA) is 41.1 Å². The molecule has 1 fully saturated rings. The van der Waals surface area contributed by atoms with Gasteiger partial charge in [-0.2, -0.15) is 0 Å². The zero-order valence-electron chi connectivity index (χ0n) is 13.4. The molecular formula is C16H32N2O. The van der Waals surface area contributed by atoms with Crippen LogP contribution in [-0.4, -0.2) is 24.5 Å². The summed E-state index contributed by atoms with van der Waals surface area (Å²) in [6, 6.07) is 0. The quantitative estimate of drug-likeness (QED) is 0.804. The van der Waals surface area contributed by atoms with Gasteiger partial charge in [0.15, 0.2) is 0 Å². The maximum Gasteiger partial charge on any atom is 0.220 e. The van der Waals surface area contributed by atoms with E-state index in [9.17, 15) is 4.79 Å². The molecule has 2 N–H and O–H groups in total. The van der Waals surface area contributed by atoms with Crippen LogP contribution in [0.1, 0.15) is 66.7 Å². The van der Waals surface area contributed by atoms with Crippen LogP contribution in [0.2, 0.25) is 0 Å². The van der Waals surface area contributed by atoms with Gasteiger partial charge in [-0.05, 0) is 64.0 Å². The third-order valence-corrected chi connectivity index (χ3v) is 3.63. The second-order valence-electron chi connectivity index (χ2n) is 7.92. The maximum atomic E-state index is 12.1. The summed E-state index contributed by atoms with van der Waals surface area (Å²) < 4.78 is 0. The van der Waals surface area contributed by atoms with Crippen LogP contribution in [0.4, 0.5) is 0 Å². The van der Waals surface area contributed by atoms with Crippen molar-refractivity contribution >= 4 is 5.91 Å². The molecule has 0 aromatic rings. The van der Waals surface area contributed by atoms with Gasteiger partial charge < -0.3 is 10.6 Å². The zero-order chi connectivity index (χ0) is 14.5. The van der Waals surface area contributed by atoms with Crippen molar-refractivity contribution in [1.29, 1.82) is 0 Å². The van der Waals surface area contributed by atoms with Crippen LogP contribution >= 0.6 is 0 Å². The fourth-order valence-corrected chi connectivity index (χ4v) is 3.32. The summed E-state index contributed by atoms with van der Waals surface area (Å²) in [5.74, 6) is 0.894. The molecule has 0 saturated carbocycles. The average Bonchev–Trinajstić information content (AvgIpc) is 2.23. The van der Waals surface area contributed by atoms with Crippen molar-refractivity contribution in [3.63, 3.8) is 0 Å². The number of hydrogen-bond acceptors (Lipinski definition) is 2. The lowest BCUT2D eigenvalue weighted by Gasteiger charge is -2.33. The van der Waals surface area contributed by atoms with Crippen molar-refractivity contribution in [2.45, 2.75) is 72.3 Å². The Labute approximate surface area is 118 Å². The summed E-state index contributed by atoms with van der Waals surface area (Å²) in [6.45, 7) is 13.1. The highest BCUT2D eigenvalue weighted by molar-refractivity contribution is 5.76. The second-order valence-corrected chi connectivity index (χ2v) is 7.92. The molecule has 1 aliphatic rings. The lowest BCUT2D eigenvalue weighted by molar-refractivity contribution is -0.123. The molecule has 3 nitrogen and oxygen atoms in total. The molecule has 19 heavy (non-hydrogen) atoms. The first kappa shape index (κ1) is 16.5. The van der Waals surface area contributed by atoms with E-state index >= 15 is 0 Å². The summed E-state index contributed by atoms with van der Waals surface area (Å²) in [7, 11) is 0. The highest BCUT2D eigenvalue weighted by Crippen LogP contribution is 2.27. The minimum absolute atomic E-state index is 0.111. The van der Waals surface area contributed by atoms with Gasteiger partial charge in [0.2, 0.25) is 5.91 Å². The van der Waals surface area contributed by atoms with Crippen molar-refractivity contribution in [1.82, 2.24) is 10.6 Å². The van der Waals surface area contributed by atoms with E-state index in [1.165, 1.54) is 12.8 Å². The minimum Gasteiger partial charge on any atom is -0.351 e. The summed E-state index contributed by atoms with van der Waals surface area (Å²) in [4.78, 5) is 12.1. The fraction of sp³-hybridized carbons (Fsp3) is 0.938. The van der Waals surface area contributed by atoms with E-state index < -0.39 is 0 Å². The molecular weight excluding hydrogens is 236 g/mol. The first-order chi connectivity index (χ1) is 8.68. The number of nitrogens with one attached hydrogen (secondary N) is 2. The summed E-state index contributed by atoms with van der Waals surface area (Å²) in [6.07, 6.45) is 5.20. The third-order valence-electron chi connectivity index (χ3n) is 3.63. The number of piperidine rings is 1. The van der Waals surface area contributed by atoms with Gasteiger partial charge in [-0.25, -0.2) is 0 Å². The molecule has 1 saturated heterocycles. The molecule has 0 spiro atoms. The molecule has 0 aliphatic carbocycles. The van der Waals surface area contributed by atoms with Crippen molar-refractivity contribution in [3.8, 4) is 0 Å². The number of hydrogen-bond donors (Lipinski definition) is 2. The van der Waals surface area contributed by atoms with Gasteiger partial charge >= 0.3 is 0 Å². The van der Waals surface area contributed by atoms with Gasteiger partial charge in [0.1, 0.15) is 0 Å². The average molecular weight is 268 g/mol. The van der Waals surface area contributed by atoms with E-state index in [-0.39, 0.29) is 16.9 Å². The standard InChI is InChI=1S/C16H32N2O/c1-15(2,3)12-16(4,5)18-14(19)9-8-13-7-6-10-17-11-13/h13,17H,6-12H2,1-5H3,(H,18,19). The monoisotopic (exact) mass is 268 g/mol. The van der Waals surface area contributed by atoms with E-state index in [0.717, 1.165) is 25.9 Å². The second kappa shape index (κ2) is 6.74. The van der Waals surface area contributed by atoms with Crippen LogP contribution in [-0.2, 0) is 4.79 Å². The van der Waals surface area contributed by atoms with Gasteiger partial charge in [-0.3, -0.25) is 4.79 Å². The predicted octanol–water partition coefficient (Wildman–Crippen LogP) is 3.10. The van der Waals surface area contributed by atoms with E-state index in [1.807, 2.05) is 0 Å². The molecule has 3 heteroatoms. The zero-order valence-corrected chi connectivity index (χ0v) is 13.4. The van der Waals surface area contributed by atoms with Crippen LogP contribution in [0.25, 0.3) is 0 Å². The highest BCUT2D eigenvalue weighted by atomic mass is 16.1. The molecule has 0 bridgehead atoms. The summed E-state index contributed by atoms with van der Waals surface area (Å²) in [5, 5.41) is 6.60. The number of carbonyl (C=O) groups is 1. The van der Waals surface area contributed by atoms with E-state index in [0.29, 0.717) is 12.3 Å². The summed E-state index contributed by atoms with van der Waals surface area (Å²) in [5.41, 5.74) is 0.129.